The van der Waals surface area contributed by atoms with Gasteiger partial charge >= 0.3 is 13.7 Å². The van der Waals surface area contributed by atoms with E-state index in [1.54, 1.807) is 44.5 Å². The Morgan fingerprint density at radius 2 is 1.93 bits per heavy atom. The molecule has 2 aromatic heterocycles. The number of nitrogens with one attached hydrogen (secondary N) is 2. The van der Waals surface area contributed by atoms with Gasteiger partial charge in [-0.3, -0.25) is 13.9 Å². The summed E-state index contributed by atoms with van der Waals surface area (Å²) in [6.45, 7) is 6.41. The lowest BCUT2D eigenvalue weighted by Gasteiger charge is -2.25. The summed E-state index contributed by atoms with van der Waals surface area (Å²) < 4.78 is 39.2. The van der Waals surface area contributed by atoms with E-state index in [0.29, 0.717) is 28.1 Å². The van der Waals surface area contributed by atoms with Gasteiger partial charge < -0.3 is 30.2 Å². The number of carbonyl (C=O) groups is 1. The second-order valence-corrected chi connectivity index (χ2v) is 12.3. The van der Waals surface area contributed by atoms with Crippen LogP contribution in [0.4, 0.5) is 11.8 Å². The molecule has 15 heteroatoms. The van der Waals surface area contributed by atoms with Crippen molar-refractivity contribution in [2.24, 2.45) is 5.92 Å². The topological polar surface area (TPSA) is 185 Å². The molecular weight excluding hydrogens is 577 g/mol. The number of carbonyl (C=O) groups excluding carboxylic acids is 1. The summed E-state index contributed by atoms with van der Waals surface area (Å²) in [5, 5.41) is 18.3. The van der Waals surface area contributed by atoms with Crippen LogP contribution in [0.5, 0.6) is 5.75 Å². The van der Waals surface area contributed by atoms with Gasteiger partial charge in [0.1, 0.15) is 24.1 Å². The molecule has 1 aliphatic heterocycles. The van der Waals surface area contributed by atoms with E-state index >= 15 is 0 Å². The van der Waals surface area contributed by atoms with Crippen LogP contribution in [0.15, 0.2) is 48.8 Å². The Balaban J connectivity index is 1.39. The Labute approximate surface area is 248 Å². The fraction of sp³-hybridized carbons (Fsp3) is 0.429. The van der Waals surface area contributed by atoms with Crippen LogP contribution in [0.25, 0.3) is 21.9 Å². The van der Waals surface area contributed by atoms with E-state index in [-0.39, 0.29) is 18.7 Å². The summed E-state index contributed by atoms with van der Waals surface area (Å²) >= 11 is 0. The predicted molar refractivity (Wildman–Crippen MR) is 160 cm³/mol. The summed E-state index contributed by atoms with van der Waals surface area (Å²) in [5.74, 6) is -0.269. The largest absolute Gasteiger partial charge is 0.462 e. The summed E-state index contributed by atoms with van der Waals surface area (Å²) in [6, 6.07) is 11.7. The highest BCUT2D eigenvalue weighted by molar-refractivity contribution is 7.52. The van der Waals surface area contributed by atoms with Crippen LogP contribution in [-0.4, -0.2) is 68.6 Å². The van der Waals surface area contributed by atoms with Gasteiger partial charge in [0.15, 0.2) is 17.0 Å². The first-order valence-electron chi connectivity index (χ1n) is 13.9. The Hall–Kier alpha value is -3.81. The Morgan fingerprint density at radius 3 is 2.67 bits per heavy atom. The number of imidazole rings is 1. The molecule has 14 nitrogen and oxygen atoms in total. The van der Waals surface area contributed by atoms with Gasteiger partial charge in [0.2, 0.25) is 5.95 Å². The van der Waals surface area contributed by atoms with Crippen LogP contribution >= 0.6 is 7.75 Å². The van der Waals surface area contributed by atoms with E-state index < -0.39 is 44.1 Å². The van der Waals surface area contributed by atoms with Crippen LogP contribution < -0.4 is 20.7 Å². The molecule has 1 fully saturated rings. The minimum absolute atomic E-state index is 0.0485. The van der Waals surface area contributed by atoms with Gasteiger partial charge in [0.05, 0.1) is 25.1 Å². The second kappa shape index (κ2) is 12.4. The second-order valence-electron chi connectivity index (χ2n) is 10.6. The SMILES string of the molecule is CNc1nc(N)nc2c1ncn2[C@@H]1O[C@H](CO[P@](=O)(N[C@@H](C)C(=O)OC(C)C)Oc2cccc3ccccc23)[C@@H](O)[C@@H]1C. The monoisotopic (exact) mass is 613 g/mol. The maximum Gasteiger partial charge on any atom is 0.459 e. The fourth-order valence-electron chi connectivity index (χ4n) is 4.93. The zero-order valence-electron chi connectivity index (χ0n) is 24.5. The maximum absolute atomic E-state index is 14.2. The molecule has 6 atom stereocenters. The minimum atomic E-state index is -4.24. The predicted octanol–water partition coefficient (Wildman–Crippen LogP) is 3.63. The highest BCUT2D eigenvalue weighted by Crippen LogP contribution is 2.48. The molecule has 0 amide bonds. The van der Waals surface area contributed by atoms with Gasteiger partial charge in [-0.25, -0.2) is 9.55 Å². The van der Waals surface area contributed by atoms with Crippen molar-refractivity contribution in [3.8, 4) is 5.75 Å². The number of rotatable bonds is 11. The molecule has 0 saturated carbocycles. The number of benzene rings is 2. The van der Waals surface area contributed by atoms with E-state index in [9.17, 15) is 14.5 Å². The molecule has 0 unspecified atom stereocenters. The molecule has 2 aromatic carbocycles. The van der Waals surface area contributed by atoms with E-state index in [4.69, 9.17) is 24.3 Å². The third-order valence-electron chi connectivity index (χ3n) is 7.07. The molecule has 4 aromatic rings. The maximum atomic E-state index is 14.2. The lowest BCUT2D eigenvalue weighted by atomic mass is 10.0. The first-order valence-corrected chi connectivity index (χ1v) is 15.5. The van der Waals surface area contributed by atoms with Crippen molar-refractivity contribution >= 4 is 47.4 Å². The number of hydrogen-bond acceptors (Lipinski definition) is 12. The molecule has 0 aliphatic carbocycles. The number of esters is 1. The smallest absolute Gasteiger partial charge is 0.459 e. The van der Waals surface area contributed by atoms with Gasteiger partial charge in [-0.05, 0) is 32.2 Å². The number of ether oxygens (including phenoxy) is 2. The normalized spacial score (nSPS) is 22.5. The zero-order valence-corrected chi connectivity index (χ0v) is 25.4. The number of aliphatic hydroxyl groups is 1. The standard InChI is InChI=1S/C28H36N7O7P/c1-15(2)40-27(37)17(4)34-43(38,42-20-12-8-10-18-9-6-7-11-19(18)20)39-13-21-23(36)16(3)26(41-21)35-14-31-22-24(30-5)32-28(29)33-25(22)35/h6-12,14-17,21,23,26,36H,13H2,1-5H3,(H,34,38)(H3,29,30,32,33)/t16-,17-,21+,23-,26+,43+/m0/s1. The number of nitrogen functional groups attached to an aromatic ring is 1. The average molecular weight is 614 g/mol. The van der Waals surface area contributed by atoms with Crippen molar-refractivity contribution in [1.29, 1.82) is 0 Å². The van der Waals surface area contributed by atoms with Crippen LogP contribution in [0, 0.1) is 5.92 Å². The zero-order chi connectivity index (χ0) is 30.9. The first kappa shape index (κ1) is 30.6. The first-order chi connectivity index (χ1) is 20.5. The van der Waals surface area contributed by atoms with Crippen LogP contribution in [0.2, 0.25) is 0 Å². The molecule has 5 rings (SSSR count). The molecule has 0 bridgehead atoms. The molecule has 0 spiro atoms. The van der Waals surface area contributed by atoms with Crippen molar-refractivity contribution in [1.82, 2.24) is 24.6 Å². The molecule has 0 radical (unpaired) electrons. The third-order valence-corrected chi connectivity index (χ3v) is 8.70. The molecule has 5 N–H and O–H groups in total. The molecule has 43 heavy (non-hydrogen) atoms. The number of nitrogens with zero attached hydrogens (tertiary/aromatic N) is 4. The van der Waals surface area contributed by atoms with Gasteiger partial charge in [-0.2, -0.15) is 15.1 Å². The summed E-state index contributed by atoms with van der Waals surface area (Å²) in [5.41, 5.74) is 6.81. The van der Waals surface area contributed by atoms with Crippen molar-refractivity contribution in [3.05, 3.63) is 48.8 Å². The average Bonchev–Trinajstić information content (AvgIpc) is 3.51. The van der Waals surface area contributed by atoms with Crippen molar-refractivity contribution < 1.29 is 33.0 Å². The molecular formula is C28H36N7O7P. The van der Waals surface area contributed by atoms with Gasteiger partial charge in [-0.1, -0.05) is 43.3 Å². The molecule has 1 saturated heterocycles. The number of anilines is 2. The molecule has 3 heterocycles. The highest BCUT2D eigenvalue weighted by atomic mass is 31.2. The van der Waals surface area contributed by atoms with E-state index in [1.807, 2.05) is 30.3 Å². The summed E-state index contributed by atoms with van der Waals surface area (Å²) in [6.07, 6.45) is -1.46. The lowest BCUT2D eigenvalue weighted by molar-refractivity contribution is -0.149. The quantitative estimate of drug-likeness (QED) is 0.142. The van der Waals surface area contributed by atoms with Crippen LogP contribution in [0.1, 0.15) is 33.9 Å². The number of aliphatic hydroxyl groups excluding tert-OH is 1. The third kappa shape index (κ3) is 6.43. The van der Waals surface area contributed by atoms with Crippen molar-refractivity contribution in [2.75, 3.05) is 24.7 Å². The minimum Gasteiger partial charge on any atom is -0.462 e. The Bertz CT molecular complexity index is 1660. The number of hydrogen-bond donors (Lipinski definition) is 4. The Kier molecular flexibility index (Phi) is 8.86. The Morgan fingerprint density at radius 1 is 1.19 bits per heavy atom. The van der Waals surface area contributed by atoms with Gasteiger partial charge in [0, 0.05) is 18.4 Å². The van der Waals surface area contributed by atoms with E-state index in [2.05, 4.69) is 25.4 Å². The lowest BCUT2D eigenvalue weighted by Crippen LogP contribution is -2.37. The van der Waals surface area contributed by atoms with Crippen molar-refractivity contribution in [3.63, 3.8) is 0 Å². The molecule has 230 valence electrons. The molecule has 1 aliphatic rings. The van der Waals surface area contributed by atoms with E-state index in [1.165, 1.54) is 13.3 Å². The van der Waals surface area contributed by atoms with Crippen LogP contribution in [0.3, 0.4) is 0 Å². The van der Waals surface area contributed by atoms with Gasteiger partial charge in [-0.15, -0.1) is 0 Å². The van der Waals surface area contributed by atoms with E-state index in [0.717, 1.165) is 5.39 Å². The number of fused-ring (bicyclic) bond motifs is 2. The van der Waals surface area contributed by atoms with Crippen LogP contribution in [-0.2, 0) is 23.4 Å². The number of aromatic nitrogens is 4. The fourth-order valence-corrected chi connectivity index (χ4v) is 6.45. The number of nitrogens with two attached hydrogens (primary N) is 1. The van der Waals surface area contributed by atoms with Gasteiger partial charge in [0.25, 0.3) is 0 Å². The van der Waals surface area contributed by atoms with Crippen molar-refractivity contribution in [2.45, 2.75) is 58.3 Å². The highest BCUT2D eigenvalue weighted by Gasteiger charge is 2.44. The summed E-state index contributed by atoms with van der Waals surface area (Å²) in [7, 11) is -2.54. The summed E-state index contributed by atoms with van der Waals surface area (Å²) in [4.78, 5) is 25.5.